The highest BCUT2D eigenvalue weighted by atomic mass is 16.5. The van der Waals surface area contributed by atoms with Gasteiger partial charge in [-0.2, -0.15) is 0 Å². The van der Waals surface area contributed by atoms with Crippen LogP contribution in [-0.2, 0) is 14.3 Å². The number of carbonyl (C=O) groups is 3. The number of hydrogen-bond donors (Lipinski definition) is 3. The zero-order valence-corrected chi connectivity index (χ0v) is 18.3. The van der Waals surface area contributed by atoms with Crippen molar-refractivity contribution >= 4 is 18.0 Å². The predicted molar refractivity (Wildman–Crippen MR) is 119 cm³/mol. The van der Waals surface area contributed by atoms with Gasteiger partial charge in [0, 0.05) is 18.0 Å². The Hall–Kier alpha value is -3.35. The van der Waals surface area contributed by atoms with Crippen LogP contribution in [-0.4, -0.2) is 41.8 Å². The Morgan fingerprint density at radius 2 is 1.59 bits per heavy atom. The molecule has 2 aliphatic carbocycles. The van der Waals surface area contributed by atoms with Gasteiger partial charge >= 0.3 is 12.1 Å². The third kappa shape index (κ3) is 4.47. The number of fused-ring (bicyclic) bond motifs is 3. The number of amides is 2. The molecule has 7 nitrogen and oxygen atoms in total. The van der Waals surface area contributed by atoms with E-state index in [1.54, 1.807) is 13.8 Å². The van der Waals surface area contributed by atoms with Crippen LogP contribution < -0.4 is 10.6 Å². The Bertz CT molecular complexity index is 1010. The van der Waals surface area contributed by atoms with Gasteiger partial charge in [-0.1, -0.05) is 48.5 Å². The van der Waals surface area contributed by atoms with Crippen molar-refractivity contribution in [2.75, 3.05) is 13.2 Å². The highest BCUT2D eigenvalue weighted by Gasteiger charge is 2.51. The molecule has 1 fully saturated rings. The van der Waals surface area contributed by atoms with Gasteiger partial charge in [0.05, 0.1) is 11.8 Å². The van der Waals surface area contributed by atoms with Crippen LogP contribution in [0.3, 0.4) is 0 Å². The van der Waals surface area contributed by atoms with Crippen LogP contribution in [0.2, 0.25) is 0 Å². The molecule has 168 valence electrons. The lowest BCUT2D eigenvalue weighted by atomic mass is 9.97. The zero-order valence-electron chi connectivity index (χ0n) is 18.3. The molecule has 0 bridgehead atoms. The summed E-state index contributed by atoms with van der Waals surface area (Å²) in [6, 6.07) is 16.3. The first-order valence-electron chi connectivity index (χ1n) is 10.8. The quantitative estimate of drug-likeness (QED) is 0.586. The molecule has 0 aromatic heterocycles. The lowest BCUT2D eigenvalue weighted by molar-refractivity contribution is -0.139. The number of aliphatic carboxylic acids is 1. The molecule has 0 saturated heterocycles. The van der Waals surface area contributed by atoms with E-state index in [9.17, 15) is 14.4 Å². The Labute approximate surface area is 187 Å². The minimum absolute atomic E-state index is 0.0249. The zero-order chi connectivity index (χ0) is 22.9. The topological polar surface area (TPSA) is 105 Å². The van der Waals surface area contributed by atoms with Crippen LogP contribution in [0, 0.1) is 5.41 Å². The summed E-state index contributed by atoms with van der Waals surface area (Å²) in [5.74, 6) is -1.23. The summed E-state index contributed by atoms with van der Waals surface area (Å²) in [5.41, 5.74) is 3.05. The summed E-state index contributed by atoms with van der Waals surface area (Å²) in [5, 5.41) is 14.5. The van der Waals surface area contributed by atoms with Crippen molar-refractivity contribution in [1.29, 1.82) is 0 Å². The fraction of sp³-hybridized carbons (Fsp3) is 0.400. The Balaban J connectivity index is 1.33. The van der Waals surface area contributed by atoms with Crippen LogP contribution in [0.25, 0.3) is 11.1 Å². The molecule has 3 N–H and O–H groups in total. The lowest BCUT2D eigenvalue weighted by Crippen LogP contribution is -2.50. The Kier molecular flexibility index (Phi) is 5.67. The van der Waals surface area contributed by atoms with E-state index in [2.05, 4.69) is 34.9 Å². The summed E-state index contributed by atoms with van der Waals surface area (Å²) in [4.78, 5) is 36.1. The molecule has 0 spiro atoms. The maximum absolute atomic E-state index is 12.7. The highest BCUT2D eigenvalue weighted by molar-refractivity contribution is 5.87. The third-order valence-corrected chi connectivity index (χ3v) is 6.30. The number of alkyl carbamates (subject to hydrolysis) is 1. The number of carboxylic acids is 1. The summed E-state index contributed by atoms with van der Waals surface area (Å²) >= 11 is 0. The SMILES string of the molecule is CC(C)(CC(=O)O)NC(=O)C1(CNC(=O)OCC2c3ccccc3-c3ccccc32)CC1. The molecule has 4 rings (SSSR count). The van der Waals surface area contributed by atoms with Gasteiger partial charge < -0.3 is 20.5 Å². The second-order valence-electron chi connectivity index (χ2n) is 9.37. The van der Waals surface area contributed by atoms with Gasteiger partial charge in [-0.25, -0.2) is 4.79 Å². The minimum atomic E-state index is -0.975. The van der Waals surface area contributed by atoms with E-state index < -0.39 is 23.0 Å². The molecular formula is C25H28N2O5. The number of hydrogen-bond acceptors (Lipinski definition) is 4. The van der Waals surface area contributed by atoms with Gasteiger partial charge in [-0.15, -0.1) is 0 Å². The molecule has 1 saturated carbocycles. The number of nitrogens with one attached hydrogen (secondary N) is 2. The van der Waals surface area contributed by atoms with Crippen molar-refractivity contribution < 1.29 is 24.2 Å². The molecule has 0 radical (unpaired) electrons. The maximum atomic E-state index is 12.7. The molecule has 7 heteroatoms. The Morgan fingerprint density at radius 1 is 1.03 bits per heavy atom. The molecule has 0 unspecified atom stereocenters. The number of benzene rings is 2. The maximum Gasteiger partial charge on any atom is 0.407 e. The first-order valence-corrected chi connectivity index (χ1v) is 10.8. The van der Waals surface area contributed by atoms with E-state index in [0.29, 0.717) is 12.8 Å². The fourth-order valence-corrected chi connectivity index (χ4v) is 4.39. The lowest BCUT2D eigenvalue weighted by Gasteiger charge is -2.27. The van der Waals surface area contributed by atoms with Gasteiger partial charge in [0.25, 0.3) is 0 Å². The highest BCUT2D eigenvalue weighted by Crippen LogP contribution is 2.46. The third-order valence-electron chi connectivity index (χ3n) is 6.30. The molecule has 0 heterocycles. The second kappa shape index (κ2) is 8.30. The van der Waals surface area contributed by atoms with Gasteiger partial charge in [0.2, 0.25) is 5.91 Å². The molecular weight excluding hydrogens is 408 g/mol. The van der Waals surface area contributed by atoms with Gasteiger partial charge in [-0.3, -0.25) is 9.59 Å². The molecule has 2 aromatic carbocycles. The smallest absolute Gasteiger partial charge is 0.407 e. The van der Waals surface area contributed by atoms with E-state index in [1.807, 2.05) is 24.3 Å². The average Bonchev–Trinajstić information content (AvgIpc) is 3.47. The van der Waals surface area contributed by atoms with Gasteiger partial charge in [0.15, 0.2) is 0 Å². The Morgan fingerprint density at radius 3 is 2.12 bits per heavy atom. The van der Waals surface area contributed by atoms with E-state index in [1.165, 1.54) is 0 Å². The van der Waals surface area contributed by atoms with Crippen molar-refractivity contribution in [2.45, 2.75) is 44.6 Å². The van der Waals surface area contributed by atoms with Crippen LogP contribution in [0.1, 0.15) is 50.2 Å². The van der Waals surface area contributed by atoms with Crippen LogP contribution in [0.4, 0.5) is 4.79 Å². The average molecular weight is 437 g/mol. The molecule has 2 aliphatic rings. The van der Waals surface area contributed by atoms with Gasteiger partial charge in [-0.05, 0) is 48.9 Å². The number of ether oxygens (including phenoxy) is 1. The van der Waals surface area contributed by atoms with Crippen molar-refractivity contribution in [2.24, 2.45) is 5.41 Å². The van der Waals surface area contributed by atoms with Crippen LogP contribution >= 0.6 is 0 Å². The minimum Gasteiger partial charge on any atom is -0.481 e. The largest absolute Gasteiger partial charge is 0.481 e. The van der Waals surface area contributed by atoms with E-state index in [4.69, 9.17) is 9.84 Å². The van der Waals surface area contributed by atoms with Gasteiger partial charge in [0.1, 0.15) is 6.61 Å². The standard InChI is InChI=1S/C25H28N2O5/c1-24(2,13-21(28)29)27-22(30)25(11-12-25)15-26-23(31)32-14-20-18-9-5-3-7-16(18)17-8-4-6-10-19(17)20/h3-10,20H,11-15H2,1-2H3,(H,26,31)(H,27,30)(H,28,29). The number of carbonyl (C=O) groups excluding carboxylic acids is 2. The monoisotopic (exact) mass is 436 g/mol. The van der Waals surface area contributed by atoms with Crippen molar-refractivity contribution in [1.82, 2.24) is 10.6 Å². The number of carboxylic acid groups (broad SMARTS) is 1. The van der Waals surface area contributed by atoms with Crippen molar-refractivity contribution in [3.63, 3.8) is 0 Å². The van der Waals surface area contributed by atoms with E-state index >= 15 is 0 Å². The predicted octanol–water partition coefficient (Wildman–Crippen LogP) is 3.67. The van der Waals surface area contributed by atoms with Crippen molar-refractivity contribution in [3.8, 4) is 11.1 Å². The summed E-state index contributed by atoms with van der Waals surface area (Å²) < 4.78 is 5.54. The molecule has 0 atom stereocenters. The van der Waals surface area contributed by atoms with Crippen LogP contribution in [0.5, 0.6) is 0 Å². The first-order chi connectivity index (χ1) is 15.2. The molecule has 0 aliphatic heterocycles. The van der Waals surface area contributed by atoms with E-state index in [-0.39, 0.29) is 31.4 Å². The molecule has 2 aromatic rings. The van der Waals surface area contributed by atoms with Crippen molar-refractivity contribution in [3.05, 3.63) is 59.7 Å². The summed E-state index contributed by atoms with van der Waals surface area (Å²) in [6.45, 7) is 3.73. The van der Waals surface area contributed by atoms with Crippen LogP contribution in [0.15, 0.2) is 48.5 Å². The molecule has 32 heavy (non-hydrogen) atoms. The summed E-state index contributed by atoms with van der Waals surface area (Å²) in [6.07, 6.45) is 0.557. The number of rotatable bonds is 8. The summed E-state index contributed by atoms with van der Waals surface area (Å²) in [7, 11) is 0. The normalized spacial score (nSPS) is 15.9. The van der Waals surface area contributed by atoms with E-state index in [0.717, 1.165) is 22.3 Å². The second-order valence-corrected chi connectivity index (χ2v) is 9.37. The fourth-order valence-electron chi connectivity index (χ4n) is 4.39. The molecule has 2 amide bonds. The first kappa shape index (κ1) is 21.9.